The van der Waals surface area contributed by atoms with Crippen LogP contribution >= 0.6 is 0 Å². The van der Waals surface area contributed by atoms with Crippen molar-refractivity contribution >= 4 is 0 Å². The molecule has 0 aliphatic rings. The topological polar surface area (TPSA) is 21.3 Å². The molecule has 1 unspecified atom stereocenters. The van der Waals surface area contributed by atoms with Crippen molar-refractivity contribution in [3.8, 4) is 5.75 Å². The first kappa shape index (κ1) is 14.5. The second-order valence-electron chi connectivity index (χ2n) is 4.70. The van der Waals surface area contributed by atoms with E-state index in [0.29, 0.717) is 6.61 Å². The Morgan fingerprint density at radius 2 is 1.80 bits per heavy atom. The first-order chi connectivity index (χ1) is 9.74. The molecule has 3 heteroatoms. The number of halogens is 1. The van der Waals surface area contributed by atoms with Gasteiger partial charge in [-0.1, -0.05) is 31.2 Å². The van der Waals surface area contributed by atoms with Crippen LogP contribution in [0.5, 0.6) is 5.75 Å². The number of hydrogen-bond donors (Lipinski definition) is 1. The summed E-state index contributed by atoms with van der Waals surface area (Å²) >= 11 is 0. The molecule has 0 saturated heterocycles. The molecule has 0 aliphatic carbocycles. The maximum Gasteiger partial charge on any atom is 0.123 e. The third-order valence-electron chi connectivity index (χ3n) is 3.13. The second-order valence-corrected chi connectivity index (χ2v) is 4.70. The predicted octanol–water partition coefficient (Wildman–Crippen LogP) is 3.92. The van der Waals surface area contributed by atoms with Crippen LogP contribution < -0.4 is 10.1 Å². The van der Waals surface area contributed by atoms with Gasteiger partial charge >= 0.3 is 0 Å². The summed E-state index contributed by atoms with van der Waals surface area (Å²) in [6.45, 7) is 2.78. The molecule has 1 N–H and O–H groups in total. The first-order valence-corrected chi connectivity index (χ1v) is 6.90. The van der Waals surface area contributed by atoms with Crippen LogP contribution in [0.25, 0.3) is 0 Å². The highest BCUT2D eigenvalue weighted by atomic mass is 19.1. The van der Waals surface area contributed by atoms with Crippen molar-refractivity contribution in [1.29, 1.82) is 0 Å². The molecule has 0 spiro atoms. The van der Waals surface area contributed by atoms with Crippen molar-refractivity contribution in [1.82, 2.24) is 5.32 Å². The van der Waals surface area contributed by atoms with Gasteiger partial charge in [0.05, 0.1) is 12.6 Å². The largest absolute Gasteiger partial charge is 0.494 e. The molecule has 0 aliphatic heterocycles. The van der Waals surface area contributed by atoms with Crippen molar-refractivity contribution in [2.45, 2.75) is 19.4 Å². The molecular formula is C17H20FNO. The molecule has 2 nitrogen and oxygen atoms in total. The van der Waals surface area contributed by atoms with Gasteiger partial charge in [0.25, 0.3) is 0 Å². The van der Waals surface area contributed by atoms with E-state index < -0.39 is 0 Å². The molecule has 0 fully saturated rings. The summed E-state index contributed by atoms with van der Waals surface area (Å²) in [4.78, 5) is 0. The fraction of sp³-hybridized carbons (Fsp3) is 0.294. The molecule has 0 amide bonds. The van der Waals surface area contributed by atoms with Crippen LogP contribution in [0.4, 0.5) is 4.39 Å². The van der Waals surface area contributed by atoms with Gasteiger partial charge < -0.3 is 10.1 Å². The van der Waals surface area contributed by atoms with E-state index in [1.807, 2.05) is 37.4 Å². The van der Waals surface area contributed by atoms with Gasteiger partial charge in [-0.25, -0.2) is 4.39 Å². The third-order valence-corrected chi connectivity index (χ3v) is 3.13. The highest BCUT2D eigenvalue weighted by Crippen LogP contribution is 2.25. The van der Waals surface area contributed by atoms with Crippen molar-refractivity contribution in [3.63, 3.8) is 0 Å². The van der Waals surface area contributed by atoms with Crippen LogP contribution in [0.3, 0.4) is 0 Å². The van der Waals surface area contributed by atoms with Crippen LogP contribution in [0.1, 0.15) is 30.5 Å². The van der Waals surface area contributed by atoms with Crippen molar-refractivity contribution < 1.29 is 9.13 Å². The SMILES string of the molecule is CCCOc1cccc(C(NC)c2cccc(F)c2)c1. The number of nitrogens with one attached hydrogen (secondary N) is 1. The normalized spacial score (nSPS) is 12.2. The summed E-state index contributed by atoms with van der Waals surface area (Å²) in [6.07, 6.45) is 0.976. The molecule has 0 radical (unpaired) electrons. The summed E-state index contributed by atoms with van der Waals surface area (Å²) in [5.74, 6) is 0.627. The fourth-order valence-corrected chi connectivity index (χ4v) is 2.22. The van der Waals surface area contributed by atoms with Crippen LogP contribution in [0.2, 0.25) is 0 Å². The number of ether oxygens (including phenoxy) is 1. The van der Waals surface area contributed by atoms with E-state index in [1.54, 1.807) is 12.1 Å². The molecule has 0 bridgehead atoms. The smallest absolute Gasteiger partial charge is 0.123 e. The molecular weight excluding hydrogens is 253 g/mol. The summed E-state index contributed by atoms with van der Waals surface area (Å²) < 4.78 is 19.0. The lowest BCUT2D eigenvalue weighted by molar-refractivity contribution is 0.317. The van der Waals surface area contributed by atoms with Gasteiger partial charge in [0.15, 0.2) is 0 Å². The van der Waals surface area contributed by atoms with Gasteiger partial charge in [0.2, 0.25) is 0 Å². The van der Waals surface area contributed by atoms with Crippen LogP contribution in [0, 0.1) is 5.82 Å². The summed E-state index contributed by atoms with van der Waals surface area (Å²) in [5.41, 5.74) is 1.96. The number of benzene rings is 2. The standard InChI is InChI=1S/C17H20FNO/c1-3-10-20-16-9-5-7-14(12-16)17(19-2)13-6-4-8-15(18)11-13/h4-9,11-12,17,19H,3,10H2,1-2H3. The van der Waals surface area contributed by atoms with Gasteiger partial charge in [0.1, 0.15) is 11.6 Å². The molecule has 0 heterocycles. The van der Waals surface area contributed by atoms with E-state index in [9.17, 15) is 4.39 Å². The van der Waals surface area contributed by atoms with Crippen LogP contribution in [-0.2, 0) is 0 Å². The Bertz CT molecular complexity index is 556. The Hall–Kier alpha value is -1.87. The summed E-state index contributed by atoms with van der Waals surface area (Å²) in [6, 6.07) is 14.5. The van der Waals surface area contributed by atoms with Gasteiger partial charge in [-0.2, -0.15) is 0 Å². The Balaban J connectivity index is 2.27. The highest BCUT2D eigenvalue weighted by Gasteiger charge is 2.13. The first-order valence-electron chi connectivity index (χ1n) is 6.90. The van der Waals surface area contributed by atoms with Crippen molar-refractivity contribution in [2.75, 3.05) is 13.7 Å². The Kier molecular flexibility index (Phi) is 5.13. The summed E-state index contributed by atoms with van der Waals surface area (Å²) in [5, 5.41) is 3.22. The summed E-state index contributed by atoms with van der Waals surface area (Å²) in [7, 11) is 1.87. The minimum absolute atomic E-state index is 0.0455. The lowest BCUT2D eigenvalue weighted by Gasteiger charge is -2.18. The minimum atomic E-state index is -0.221. The average molecular weight is 273 g/mol. The molecule has 1 atom stereocenters. The zero-order valence-corrected chi connectivity index (χ0v) is 11.9. The molecule has 106 valence electrons. The lowest BCUT2D eigenvalue weighted by Crippen LogP contribution is -2.17. The van der Waals surface area contributed by atoms with Crippen molar-refractivity contribution in [3.05, 3.63) is 65.5 Å². The monoisotopic (exact) mass is 273 g/mol. The van der Waals surface area contributed by atoms with Crippen LogP contribution in [0.15, 0.2) is 48.5 Å². The Morgan fingerprint density at radius 3 is 2.45 bits per heavy atom. The Morgan fingerprint density at radius 1 is 1.10 bits per heavy atom. The molecule has 0 saturated carbocycles. The third kappa shape index (κ3) is 3.58. The number of rotatable bonds is 6. The van der Waals surface area contributed by atoms with E-state index >= 15 is 0 Å². The zero-order chi connectivity index (χ0) is 14.4. The van der Waals surface area contributed by atoms with E-state index in [4.69, 9.17) is 4.74 Å². The average Bonchev–Trinajstić information content (AvgIpc) is 2.46. The van der Waals surface area contributed by atoms with Gasteiger partial charge in [0, 0.05) is 0 Å². The molecule has 2 aromatic rings. The van der Waals surface area contributed by atoms with E-state index in [-0.39, 0.29) is 11.9 Å². The van der Waals surface area contributed by atoms with Gasteiger partial charge in [-0.3, -0.25) is 0 Å². The van der Waals surface area contributed by atoms with Crippen molar-refractivity contribution in [2.24, 2.45) is 0 Å². The van der Waals surface area contributed by atoms with Gasteiger partial charge in [-0.15, -0.1) is 0 Å². The zero-order valence-electron chi connectivity index (χ0n) is 11.9. The molecule has 2 rings (SSSR count). The maximum atomic E-state index is 13.4. The lowest BCUT2D eigenvalue weighted by atomic mass is 9.98. The second kappa shape index (κ2) is 7.06. The van der Waals surface area contributed by atoms with E-state index in [2.05, 4.69) is 12.2 Å². The quantitative estimate of drug-likeness (QED) is 0.861. The fourth-order valence-electron chi connectivity index (χ4n) is 2.22. The van der Waals surface area contributed by atoms with Crippen LogP contribution in [-0.4, -0.2) is 13.7 Å². The Labute approximate surface area is 119 Å². The molecule has 2 aromatic carbocycles. The number of hydrogen-bond acceptors (Lipinski definition) is 2. The molecule has 20 heavy (non-hydrogen) atoms. The minimum Gasteiger partial charge on any atom is -0.494 e. The highest BCUT2D eigenvalue weighted by molar-refractivity contribution is 5.36. The maximum absolute atomic E-state index is 13.4. The van der Waals surface area contributed by atoms with Gasteiger partial charge in [-0.05, 0) is 48.9 Å². The van der Waals surface area contributed by atoms with E-state index in [0.717, 1.165) is 23.3 Å². The molecule has 0 aromatic heterocycles. The van der Waals surface area contributed by atoms with E-state index in [1.165, 1.54) is 6.07 Å². The predicted molar refractivity (Wildman–Crippen MR) is 79.5 cm³/mol.